The molecule has 0 aromatic heterocycles. The number of piperazine rings is 1. The summed E-state index contributed by atoms with van der Waals surface area (Å²) in [4.78, 5) is 26.7. The molecule has 0 aromatic carbocycles. The van der Waals surface area contributed by atoms with E-state index in [9.17, 15) is 9.59 Å². The molecule has 1 saturated heterocycles. The fourth-order valence-corrected chi connectivity index (χ4v) is 2.59. The molecule has 1 amide bonds. The summed E-state index contributed by atoms with van der Waals surface area (Å²) in [6, 6.07) is -0.450. The standard InChI is InChI=1S/C13H22N2O3/c1-10(13(17)18)14-5-7-15(8-6-14)12(16)9-11-3-2-4-11/h10-11H,2-9H2,1H3,(H,17,18). The van der Waals surface area contributed by atoms with Crippen molar-refractivity contribution in [2.75, 3.05) is 26.2 Å². The van der Waals surface area contributed by atoms with E-state index in [-0.39, 0.29) is 5.91 Å². The van der Waals surface area contributed by atoms with E-state index in [2.05, 4.69) is 0 Å². The Morgan fingerprint density at radius 3 is 2.28 bits per heavy atom. The lowest BCUT2D eigenvalue weighted by molar-refractivity contribution is -0.144. The number of carboxylic acid groups (broad SMARTS) is 1. The molecule has 1 N–H and O–H groups in total. The average Bonchev–Trinajstić information content (AvgIpc) is 2.32. The van der Waals surface area contributed by atoms with Gasteiger partial charge in [-0.25, -0.2) is 0 Å². The number of nitrogens with zero attached hydrogens (tertiary/aromatic N) is 2. The van der Waals surface area contributed by atoms with Gasteiger partial charge in [0, 0.05) is 32.6 Å². The quantitative estimate of drug-likeness (QED) is 0.806. The van der Waals surface area contributed by atoms with Crippen LogP contribution in [0.1, 0.15) is 32.6 Å². The van der Waals surface area contributed by atoms with Gasteiger partial charge in [-0.3, -0.25) is 14.5 Å². The SMILES string of the molecule is CC(C(=O)O)N1CCN(C(=O)CC2CCC2)CC1. The molecule has 2 aliphatic rings. The summed E-state index contributed by atoms with van der Waals surface area (Å²) in [6.45, 7) is 4.38. The fourth-order valence-electron chi connectivity index (χ4n) is 2.59. The second kappa shape index (κ2) is 5.69. The van der Waals surface area contributed by atoms with Crippen molar-refractivity contribution >= 4 is 11.9 Å². The van der Waals surface area contributed by atoms with Gasteiger partial charge in [-0.2, -0.15) is 0 Å². The van der Waals surface area contributed by atoms with Crippen LogP contribution in [-0.2, 0) is 9.59 Å². The van der Waals surface area contributed by atoms with Crippen LogP contribution in [0.3, 0.4) is 0 Å². The summed E-state index contributed by atoms with van der Waals surface area (Å²) in [6.07, 6.45) is 4.35. The van der Waals surface area contributed by atoms with E-state index in [1.165, 1.54) is 19.3 Å². The molecule has 1 saturated carbocycles. The molecule has 5 heteroatoms. The molecule has 1 heterocycles. The lowest BCUT2D eigenvalue weighted by Gasteiger charge is -2.37. The molecule has 1 unspecified atom stereocenters. The van der Waals surface area contributed by atoms with Gasteiger partial charge in [0.25, 0.3) is 0 Å². The highest BCUT2D eigenvalue weighted by Crippen LogP contribution is 2.30. The van der Waals surface area contributed by atoms with Gasteiger partial charge in [0.2, 0.25) is 5.91 Å². The van der Waals surface area contributed by atoms with Crippen molar-refractivity contribution in [2.24, 2.45) is 5.92 Å². The van der Waals surface area contributed by atoms with Crippen molar-refractivity contribution in [3.8, 4) is 0 Å². The number of carbonyl (C=O) groups is 2. The van der Waals surface area contributed by atoms with E-state index in [4.69, 9.17) is 5.11 Å². The molecule has 0 aromatic rings. The van der Waals surface area contributed by atoms with Crippen LogP contribution in [-0.4, -0.2) is 59.0 Å². The minimum absolute atomic E-state index is 0.252. The Labute approximate surface area is 108 Å². The number of rotatable bonds is 4. The monoisotopic (exact) mass is 254 g/mol. The molecule has 1 atom stereocenters. The molecule has 0 radical (unpaired) electrons. The van der Waals surface area contributed by atoms with Crippen LogP contribution in [0.15, 0.2) is 0 Å². The Morgan fingerprint density at radius 2 is 1.83 bits per heavy atom. The van der Waals surface area contributed by atoms with Crippen molar-refractivity contribution in [3.05, 3.63) is 0 Å². The molecular formula is C13H22N2O3. The highest BCUT2D eigenvalue weighted by atomic mass is 16.4. The van der Waals surface area contributed by atoms with Gasteiger partial charge in [-0.1, -0.05) is 6.42 Å². The van der Waals surface area contributed by atoms with Crippen LogP contribution in [0, 0.1) is 5.92 Å². The Balaban J connectivity index is 1.75. The van der Waals surface area contributed by atoms with Crippen LogP contribution in [0.25, 0.3) is 0 Å². The van der Waals surface area contributed by atoms with Crippen molar-refractivity contribution < 1.29 is 14.7 Å². The van der Waals surface area contributed by atoms with Gasteiger partial charge in [-0.15, -0.1) is 0 Å². The lowest BCUT2D eigenvalue weighted by Crippen LogP contribution is -2.53. The van der Waals surface area contributed by atoms with Crippen LogP contribution < -0.4 is 0 Å². The molecule has 0 bridgehead atoms. The van der Waals surface area contributed by atoms with Crippen molar-refractivity contribution in [3.63, 3.8) is 0 Å². The maximum absolute atomic E-state index is 12.0. The van der Waals surface area contributed by atoms with Crippen LogP contribution >= 0.6 is 0 Å². The highest BCUT2D eigenvalue weighted by molar-refractivity contribution is 5.77. The minimum Gasteiger partial charge on any atom is -0.480 e. The second-order valence-corrected chi connectivity index (χ2v) is 5.43. The van der Waals surface area contributed by atoms with E-state index >= 15 is 0 Å². The van der Waals surface area contributed by atoms with E-state index in [1.807, 2.05) is 9.80 Å². The van der Waals surface area contributed by atoms with Gasteiger partial charge in [0.15, 0.2) is 0 Å². The fraction of sp³-hybridized carbons (Fsp3) is 0.846. The van der Waals surface area contributed by atoms with Crippen molar-refractivity contribution in [2.45, 2.75) is 38.6 Å². The molecule has 102 valence electrons. The Bertz CT molecular complexity index is 320. The van der Waals surface area contributed by atoms with Crippen molar-refractivity contribution in [1.82, 2.24) is 9.80 Å². The smallest absolute Gasteiger partial charge is 0.320 e. The van der Waals surface area contributed by atoms with E-state index in [0.29, 0.717) is 38.5 Å². The third kappa shape index (κ3) is 3.02. The molecule has 5 nitrogen and oxygen atoms in total. The zero-order valence-electron chi connectivity index (χ0n) is 11.0. The minimum atomic E-state index is -0.788. The lowest BCUT2D eigenvalue weighted by atomic mass is 9.82. The largest absolute Gasteiger partial charge is 0.480 e. The summed E-state index contributed by atoms with van der Waals surface area (Å²) in [7, 11) is 0. The molecule has 1 aliphatic carbocycles. The van der Waals surface area contributed by atoms with E-state index in [1.54, 1.807) is 6.92 Å². The van der Waals surface area contributed by atoms with Crippen LogP contribution in [0.4, 0.5) is 0 Å². The zero-order chi connectivity index (χ0) is 13.1. The van der Waals surface area contributed by atoms with E-state index < -0.39 is 12.0 Å². The number of amides is 1. The number of hydrogen-bond donors (Lipinski definition) is 1. The normalized spacial score (nSPS) is 23.5. The molecule has 1 aliphatic heterocycles. The zero-order valence-corrected chi connectivity index (χ0v) is 11.0. The van der Waals surface area contributed by atoms with Gasteiger partial charge >= 0.3 is 5.97 Å². The number of carbonyl (C=O) groups excluding carboxylic acids is 1. The van der Waals surface area contributed by atoms with E-state index in [0.717, 1.165) is 0 Å². The number of carboxylic acids is 1. The first kappa shape index (κ1) is 13.3. The predicted octanol–water partition coefficient (Wildman–Crippen LogP) is 0.794. The second-order valence-electron chi connectivity index (χ2n) is 5.43. The summed E-state index contributed by atoms with van der Waals surface area (Å²) < 4.78 is 0. The van der Waals surface area contributed by atoms with Crippen molar-refractivity contribution in [1.29, 1.82) is 0 Å². The van der Waals surface area contributed by atoms with Gasteiger partial charge in [0.1, 0.15) is 6.04 Å². The van der Waals surface area contributed by atoms with Crippen LogP contribution in [0.2, 0.25) is 0 Å². The topological polar surface area (TPSA) is 60.9 Å². The molecule has 2 rings (SSSR count). The summed E-state index contributed by atoms with van der Waals surface area (Å²) >= 11 is 0. The third-order valence-corrected chi connectivity index (χ3v) is 4.26. The number of hydrogen-bond acceptors (Lipinski definition) is 3. The third-order valence-electron chi connectivity index (χ3n) is 4.26. The maximum Gasteiger partial charge on any atom is 0.320 e. The first-order valence-corrected chi connectivity index (χ1v) is 6.82. The molecule has 2 fully saturated rings. The molecule has 18 heavy (non-hydrogen) atoms. The first-order valence-electron chi connectivity index (χ1n) is 6.82. The molecular weight excluding hydrogens is 232 g/mol. The van der Waals surface area contributed by atoms with Gasteiger partial charge < -0.3 is 10.0 Å². The number of aliphatic carboxylic acids is 1. The Morgan fingerprint density at radius 1 is 1.22 bits per heavy atom. The molecule has 0 spiro atoms. The Hall–Kier alpha value is -1.10. The first-order chi connectivity index (χ1) is 8.58. The van der Waals surface area contributed by atoms with Crippen LogP contribution in [0.5, 0.6) is 0 Å². The summed E-state index contributed by atoms with van der Waals surface area (Å²) in [5.41, 5.74) is 0. The summed E-state index contributed by atoms with van der Waals surface area (Å²) in [5, 5.41) is 8.95. The average molecular weight is 254 g/mol. The highest BCUT2D eigenvalue weighted by Gasteiger charge is 2.29. The van der Waals surface area contributed by atoms with Gasteiger partial charge in [-0.05, 0) is 25.7 Å². The Kier molecular flexibility index (Phi) is 4.22. The maximum atomic E-state index is 12.0. The predicted molar refractivity (Wildman–Crippen MR) is 67.2 cm³/mol. The van der Waals surface area contributed by atoms with Gasteiger partial charge in [0.05, 0.1) is 0 Å². The summed E-state index contributed by atoms with van der Waals surface area (Å²) in [5.74, 6) is 0.0695.